The van der Waals surface area contributed by atoms with Crippen molar-refractivity contribution in [2.75, 3.05) is 12.4 Å². The number of ether oxygens (including phenoxy) is 1. The number of carbonyl (C=O) groups is 1. The Hall–Kier alpha value is -2.88. The molecule has 0 saturated heterocycles. The maximum Gasteiger partial charge on any atom is 0.257 e. The average molecular weight is 278 g/mol. The molecule has 0 spiro atoms. The van der Waals surface area contributed by atoms with E-state index >= 15 is 0 Å². The van der Waals surface area contributed by atoms with Crippen LogP contribution in [0.1, 0.15) is 10.4 Å². The summed E-state index contributed by atoms with van der Waals surface area (Å²) in [6, 6.07) is 16.6. The highest BCUT2D eigenvalue weighted by atomic mass is 16.5. The van der Waals surface area contributed by atoms with E-state index in [1.165, 1.54) is 0 Å². The van der Waals surface area contributed by atoms with Crippen molar-refractivity contribution in [1.82, 2.24) is 4.98 Å². The monoisotopic (exact) mass is 278 g/mol. The van der Waals surface area contributed by atoms with Gasteiger partial charge in [0.2, 0.25) is 0 Å². The van der Waals surface area contributed by atoms with Crippen LogP contribution in [0.5, 0.6) is 5.75 Å². The Balaban J connectivity index is 1.98. The molecule has 0 bridgehead atoms. The zero-order valence-electron chi connectivity index (χ0n) is 11.5. The summed E-state index contributed by atoms with van der Waals surface area (Å²) in [7, 11) is 1.57. The summed E-state index contributed by atoms with van der Waals surface area (Å²) >= 11 is 0. The molecule has 2 aromatic carbocycles. The first-order chi connectivity index (χ1) is 10.3. The number of rotatable bonds is 3. The molecule has 104 valence electrons. The molecule has 1 N–H and O–H groups in total. The van der Waals surface area contributed by atoms with Gasteiger partial charge >= 0.3 is 0 Å². The fourth-order valence-electron chi connectivity index (χ4n) is 2.22. The number of anilines is 1. The molecule has 0 aliphatic rings. The van der Waals surface area contributed by atoms with Gasteiger partial charge < -0.3 is 10.1 Å². The lowest BCUT2D eigenvalue weighted by atomic mass is 10.1. The number of amides is 1. The Morgan fingerprint density at radius 1 is 1.05 bits per heavy atom. The van der Waals surface area contributed by atoms with Crippen molar-refractivity contribution in [3.8, 4) is 5.75 Å². The molecule has 4 heteroatoms. The standard InChI is InChI=1S/C17H14N2O2/c1-21-15-10-3-2-9-14(15)19-17(20)13-8-4-6-12-7-5-11-18-16(12)13/h2-11H,1H3,(H,19,20). The largest absolute Gasteiger partial charge is 0.495 e. The van der Waals surface area contributed by atoms with Crippen molar-refractivity contribution in [3.05, 3.63) is 66.4 Å². The molecule has 0 saturated carbocycles. The number of aromatic nitrogens is 1. The molecule has 1 amide bonds. The quantitative estimate of drug-likeness (QED) is 0.797. The van der Waals surface area contributed by atoms with Crippen molar-refractivity contribution in [1.29, 1.82) is 0 Å². The lowest BCUT2D eigenvalue weighted by Crippen LogP contribution is -2.13. The molecular weight excluding hydrogens is 264 g/mol. The molecule has 3 rings (SSSR count). The number of nitrogens with zero attached hydrogens (tertiary/aromatic N) is 1. The molecule has 1 heterocycles. The second-order valence-electron chi connectivity index (χ2n) is 4.54. The van der Waals surface area contributed by atoms with Gasteiger partial charge in [0.25, 0.3) is 5.91 Å². The average Bonchev–Trinajstić information content (AvgIpc) is 2.54. The smallest absolute Gasteiger partial charge is 0.257 e. The van der Waals surface area contributed by atoms with E-state index in [-0.39, 0.29) is 5.91 Å². The van der Waals surface area contributed by atoms with Gasteiger partial charge in [-0.05, 0) is 24.3 Å². The number of carbonyl (C=O) groups excluding carboxylic acids is 1. The lowest BCUT2D eigenvalue weighted by molar-refractivity contribution is 0.102. The van der Waals surface area contributed by atoms with Crippen molar-refractivity contribution in [3.63, 3.8) is 0 Å². The van der Waals surface area contributed by atoms with E-state index in [4.69, 9.17) is 4.74 Å². The molecule has 1 aromatic heterocycles. The number of nitrogens with one attached hydrogen (secondary N) is 1. The van der Waals surface area contributed by atoms with Gasteiger partial charge in [-0.1, -0.05) is 30.3 Å². The molecule has 21 heavy (non-hydrogen) atoms. The summed E-state index contributed by atoms with van der Waals surface area (Å²) in [6.45, 7) is 0. The van der Waals surface area contributed by atoms with Crippen LogP contribution in [0.15, 0.2) is 60.8 Å². The van der Waals surface area contributed by atoms with Crippen molar-refractivity contribution >= 4 is 22.5 Å². The highest BCUT2D eigenvalue weighted by Crippen LogP contribution is 2.24. The van der Waals surface area contributed by atoms with Crippen LogP contribution < -0.4 is 10.1 Å². The second-order valence-corrected chi connectivity index (χ2v) is 4.54. The fraction of sp³-hybridized carbons (Fsp3) is 0.0588. The third-order valence-corrected chi connectivity index (χ3v) is 3.23. The SMILES string of the molecule is COc1ccccc1NC(=O)c1cccc2cccnc12. The number of benzene rings is 2. The third-order valence-electron chi connectivity index (χ3n) is 3.23. The van der Waals surface area contributed by atoms with Crippen LogP contribution in [0, 0.1) is 0 Å². The van der Waals surface area contributed by atoms with Crippen LogP contribution in [-0.4, -0.2) is 18.0 Å². The minimum absolute atomic E-state index is 0.205. The Labute approximate surface area is 122 Å². The summed E-state index contributed by atoms with van der Waals surface area (Å²) in [4.78, 5) is 16.8. The summed E-state index contributed by atoms with van der Waals surface area (Å²) < 4.78 is 5.24. The molecule has 0 aliphatic heterocycles. The third kappa shape index (κ3) is 2.56. The zero-order valence-corrected chi connectivity index (χ0v) is 11.5. The molecule has 0 unspecified atom stereocenters. The molecule has 3 aromatic rings. The van der Waals surface area contributed by atoms with Gasteiger partial charge in [-0.2, -0.15) is 0 Å². The Kier molecular flexibility index (Phi) is 3.51. The number of hydrogen-bond donors (Lipinski definition) is 1. The van der Waals surface area contributed by atoms with Gasteiger partial charge in [-0.15, -0.1) is 0 Å². The van der Waals surface area contributed by atoms with Crippen molar-refractivity contribution < 1.29 is 9.53 Å². The highest BCUT2D eigenvalue weighted by Gasteiger charge is 2.12. The fourth-order valence-corrected chi connectivity index (χ4v) is 2.22. The molecule has 0 fully saturated rings. The number of methoxy groups -OCH3 is 1. The minimum Gasteiger partial charge on any atom is -0.495 e. The van der Waals surface area contributed by atoms with Crippen LogP contribution >= 0.6 is 0 Å². The zero-order chi connectivity index (χ0) is 14.7. The van der Waals surface area contributed by atoms with Crippen molar-refractivity contribution in [2.45, 2.75) is 0 Å². The minimum atomic E-state index is -0.205. The molecule has 0 radical (unpaired) electrons. The summed E-state index contributed by atoms with van der Waals surface area (Å²) in [5, 5.41) is 3.80. The van der Waals surface area contributed by atoms with Crippen LogP contribution in [0.2, 0.25) is 0 Å². The highest BCUT2D eigenvalue weighted by molar-refractivity contribution is 6.12. The van der Waals surface area contributed by atoms with Gasteiger partial charge in [-0.3, -0.25) is 9.78 Å². The predicted octanol–water partition coefficient (Wildman–Crippen LogP) is 3.50. The topological polar surface area (TPSA) is 51.2 Å². The summed E-state index contributed by atoms with van der Waals surface area (Å²) in [5.41, 5.74) is 1.87. The van der Waals surface area contributed by atoms with Gasteiger partial charge in [0, 0.05) is 11.6 Å². The van der Waals surface area contributed by atoms with E-state index in [1.54, 1.807) is 31.5 Å². The Morgan fingerprint density at radius 3 is 2.71 bits per heavy atom. The van der Waals surface area contributed by atoms with E-state index < -0.39 is 0 Å². The maximum absolute atomic E-state index is 12.5. The van der Waals surface area contributed by atoms with Crippen LogP contribution in [-0.2, 0) is 0 Å². The first-order valence-corrected chi connectivity index (χ1v) is 6.58. The number of fused-ring (bicyclic) bond motifs is 1. The molecule has 0 atom stereocenters. The van der Waals surface area contributed by atoms with E-state index in [1.807, 2.05) is 36.4 Å². The first kappa shape index (κ1) is 13.1. The van der Waals surface area contributed by atoms with Crippen LogP contribution in [0.25, 0.3) is 10.9 Å². The molecule has 0 aliphatic carbocycles. The number of pyridine rings is 1. The Morgan fingerprint density at radius 2 is 1.86 bits per heavy atom. The van der Waals surface area contributed by atoms with Gasteiger partial charge in [0.1, 0.15) is 5.75 Å². The summed E-state index contributed by atoms with van der Waals surface area (Å²) in [5.74, 6) is 0.419. The maximum atomic E-state index is 12.5. The van der Waals surface area contributed by atoms with Gasteiger partial charge in [0.05, 0.1) is 23.9 Å². The van der Waals surface area contributed by atoms with E-state index in [9.17, 15) is 4.79 Å². The number of para-hydroxylation sites is 3. The van der Waals surface area contributed by atoms with E-state index in [0.29, 0.717) is 22.5 Å². The number of hydrogen-bond acceptors (Lipinski definition) is 3. The predicted molar refractivity (Wildman–Crippen MR) is 82.7 cm³/mol. The Bertz CT molecular complexity index is 794. The van der Waals surface area contributed by atoms with E-state index in [2.05, 4.69) is 10.3 Å². The first-order valence-electron chi connectivity index (χ1n) is 6.58. The van der Waals surface area contributed by atoms with Gasteiger partial charge in [0.15, 0.2) is 0 Å². The van der Waals surface area contributed by atoms with Crippen molar-refractivity contribution in [2.24, 2.45) is 0 Å². The van der Waals surface area contributed by atoms with E-state index in [0.717, 1.165) is 5.39 Å². The molecule has 4 nitrogen and oxygen atoms in total. The lowest BCUT2D eigenvalue weighted by Gasteiger charge is -2.10. The summed E-state index contributed by atoms with van der Waals surface area (Å²) in [6.07, 6.45) is 1.68. The molecular formula is C17H14N2O2. The second kappa shape index (κ2) is 5.63. The van der Waals surface area contributed by atoms with Crippen LogP contribution in [0.4, 0.5) is 5.69 Å². The van der Waals surface area contributed by atoms with Crippen LogP contribution in [0.3, 0.4) is 0 Å². The normalized spacial score (nSPS) is 10.3. The van der Waals surface area contributed by atoms with Gasteiger partial charge in [-0.25, -0.2) is 0 Å².